The summed E-state index contributed by atoms with van der Waals surface area (Å²) in [5.74, 6) is -0.904. The molecule has 2 aromatic carbocycles. The van der Waals surface area contributed by atoms with Crippen molar-refractivity contribution in [1.82, 2.24) is 14.8 Å². The maximum Gasteiger partial charge on any atom is 0.332 e. The van der Waals surface area contributed by atoms with E-state index < -0.39 is 12.1 Å². The number of nitrogens with one attached hydrogen (secondary N) is 1. The van der Waals surface area contributed by atoms with E-state index in [1.54, 1.807) is 18.3 Å². The molecule has 0 saturated carbocycles. The first kappa shape index (κ1) is 19.8. The Balaban J connectivity index is 1.76. The minimum Gasteiger partial charge on any atom is -0.479 e. The van der Waals surface area contributed by atoms with Crippen molar-refractivity contribution in [3.63, 3.8) is 0 Å². The number of aliphatic carboxylic acids is 1. The van der Waals surface area contributed by atoms with E-state index in [0.717, 1.165) is 39.6 Å². The van der Waals surface area contributed by atoms with Crippen LogP contribution < -0.4 is 0 Å². The molecule has 3 heterocycles. The molecule has 6 nitrogen and oxygen atoms in total. The molecule has 2 N–H and O–H groups in total. The van der Waals surface area contributed by atoms with Crippen LogP contribution in [0.1, 0.15) is 49.8 Å². The molecular weight excluding hydrogens is 397 g/mol. The lowest BCUT2D eigenvalue weighted by molar-refractivity contribution is -0.153. The summed E-state index contributed by atoms with van der Waals surface area (Å²) in [5, 5.41) is 18.6. The van der Waals surface area contributed by atoms with Crippen LogP contribution in [0.25, 0.3) is 27.5 Å². The van der Waals surface area contributed by atoms with Crippen molar-refractivity contribution in [2.75, 3.05) is 6.61 Å². The normalized spacial score (nSPS) is 19.5. The average Bonchev–Trinajstić information content (AvgIpc) is 3.34. The number of carboxylic acid groups (broad SMARTS) is 1. The number of hydrogen-bond acceptors (Lipinski definition) is 3. The van der Waals surface area contributed by atoms with Crippen LogP contribution in [0.5, 0.6) is 0 Å². The molecule has 0 bridgehead atoms. The van der Waals surface area contributed by atoms with E-state index in [4.69, 9.17) is 4.74 Å². The molecule has 2 unspecified atom stereocenters. The fourth-order valence-electron chi connectivity index (χ4n) is 4.81. The first-order chi connectivity index (χ1) is 14.9. The number of H-pyrrole nitrogens is 1. The lowest BCUT2D eigenvalue weighted by Gasteiger charge is -2.28. The number of benzene rings is 2. The van der Waals surface area contributed by atoms with Gasteiger partial charge in [-0.1, -0.05) is 13.8 Å². The molecule has 1 aliphatic heterocycles. The molecule has 0 aliphatic carbocycles. The van der Waals surface area contributed by atoms with Gasteiger partial charge in [-0.15, -0.1) is 0 Å². The number of aromatic amines is 1. The van der Waals surface area contributed by atoms with E-state index in [2.05, 4.69) is 40.7 Å². The molecule has 0 radical (unpaired) electrons. The highest BCUT2D eigenvalue weighted by molar-refractivity contribution is 5.99. The van der Waals surface area contributed by atoms with Gasteiger partial charge in [-0.25, -0.2) is 9.18 Å². The first-order valence-corrected chi connectivity index (χ1v) is 10.6. The van der Waals surface area contributed by atoms with Gasteiger partial charge in [0.25, 0.3) is 0 Å². The van der Waals surface area contributed by atoms with Gasteiger partial charge >= 0.3 is 5.97 Å². The van der Waals surface area contributed by atoms with Gasteiger partial charge < -0.3 is 14.4 Å². The van der Waals surface area contributed by atoms with Gasteiger partial charge in [-0.3, -0.25) is 5.10 Å². The molecule has 160 valence electrons. The summed E-state index contributed by atoms with van der Waals surface area (Å²) in [5.41, 5.74) is 5.18. The van der Waals surface area contributed by atoms with Gasteiger partial charge in [-0.05, 0) is 60.7 Å². The summed E-state index contributed by atoms with van der Waals surface area (Å²) < 4.78 is 21.6. The molecule has 0 spiro atoms. The summed E-state index contributed by atoms with van der Waals surface area (Å²) in [7, 11) is 0. The predicted octanol–water partition coefficient (Wildman–Crippen LogP) is 5.12. The van der Waals surface area contributed by atoms with Crippen LogP contribution in [-0.2, 0) is 9.53 Å². The Hall–Kier alpha value is -3.19. The molecule has 2 atom stereocenters. The molecule has 31 heavy (non-hydrogen) atoms. The number of fused-ring (bicyclic) bond motifs is 2. The summed E-state index contributed by atoms with van der Waals surface area (Å²) in [4.78, 5) is 11.3. The monoisotopic (exact) mass is 421 g/mol. The van der Waals surface area contributed by atoms with Crippen LogP contribution in [0.15, 0.2) is 42.6 Å². The SMILES string of the molecule is CC(C)c1c(C2CCC(C(=O)O)OC2)c2cc3[nH]ncc3cc2n1-c1ccc(F)cc1. The second-order valence-corrected chi connectivity index (χ2v) is 8.53. The Morgan fingerprint density at radius 3 is 2.68 bits per heavy atom. The first-order valence-electron chi connectivity index (χ1n) is 10.6. The molecule has 7 heteroatoms. The van der Waals surface area contributed by atoms with Crippen LogP contribution in [-0.4, -0.2) is 38.6 Å². The Morgan fingerprint density at radius 1 is 1.26 bits per heavy atom. The van der Waals surface area contributed by atoms with Gasteiger partial charge in [0.15, 0.2) is 6.10 Å². The molecule has 0 amide bonds. The van der Waals surface area contributed by atoms with Crippen molar-refractivity contribution in [3.8, 4) is 5.69 Å². The zero-order valence-electron chi connectivity index (χ0n) is 17.4. The number of rotatable bonds is 4. The third-order valence-corrected chi connectivity index (χ3v) is 6.20. The van der Waals surface area contributed by atoms with E-state index in [0.29, 0.717) is 13.0 Å². The molecular formula is C24H24FN3O3. The number of aromatic nitrogens is 3. The second-order valence-electron chi connectivity index (χ2n) is 8.53. The third-order valence-electron chi connectivity index (χ3n) is 6.20. The van der Waals surface area contributed by atoms with Gasteiger partial charge in [-0.2, -0.15) is 5.10 Å². The van der Waals surface area contributed by atoms with Crippen molar-refractivity contribution in [3.05, 3.63) is 59.7 Å². The smallest absolute Gasteiger partial charge is 0.332 e. The summed E-state index contributed by atoms with van der Waals surface area (Å²) in [6.45, 7) is 4.66. The Morgan fingerprint density at radius 2 is 2.03 bits per heavy atom. The largest absolute Gasteiger partial charge is 0.479 e. The zero-order chi connectivity index (χ0) is 21.7. The second kappa shape index (κ2) is 7.50. The zero-order valence-corrected chi connectivity index (χ0v) is 17.4. The fraction of sp³-hybridized carbons (Fsp3) is 0.333. The number of ether oxygens (including phenoxy) is 1. The van der Waals surface area contributed by atoms with E-state index in [-0.39, 0.29) is 17.7 Å². The summed E-state index contributed by atoms with van der Waals surface area (Å²) in [6.07, 6.45) is 2.27. The average molecular weight is 421 g/mol. The van der Waals surface area contributed by atoms with Crippen LogP contribution in [0.3, 0.4) is 0 Å². The predicted molar refractivity (Wildman–Crippen MR) is 116 cm³/mol. The van der Waals surface area contributed by atoms with E-state index in [1.807, 2.05) is 0 Å². The van der Waals surface area contributed by atoms with Crippen molar-refractivity contribution < 1.29 is 19.0 Å². The van der Waals surface area contributed by atoms with Crippen molar-refractivity contribution in [2.45, 2.75) is 44.6 Å². The van der Waals surface area contributed by atoms with Crippen LogP contribution >= 0.6 is 0 Å². The standard InChI is InChI=1S/C24H24FN3O3/c1-13(2)23-22(14-3-8-21(24(29)30)31-12-14)18-10-19-15(11-26-27-19)9-20(18)28(23)17-6-4-16(25)5-7-17/h4-7,9-11,13-14,21H,3,8,12H2,1-2H3,(H,26,27)(H,29,30). The van der Waals surface area contributed by atoms with Gasteiger partial charge in [0.05, 0.1) is 23.8 Å². The number of carbonyl (C=O) groups is 1. The molecule has 1 fully saturated rings. The van der Waals surface area contributed by atoms with Gasteiger partial charge in [0.1, 0.15) is 5.82 Å². The highest BCUT2D eigenvalue weighted by atomic mass is 19.1. The van der Waals surface area contributed by atoms with Crippen molar-refractivity contribution in [2.24, 2.45) is 0 Å². The summed E-state index contributed by atoms with van der Waals surface area (Å²) >= 11 is 0. The maximum atomic E-state index is 13.7. The minimum absolute atomic E-state index is 0.0811. The topological polar surface area (TPSA) is 80.1 Å². The fourth-order valence-corrected chi connectivity index (χ4v) is 4.81. The number of halogens is 1. The highest BCUT2D eigenvalue weighted by Gasteiger charge is 2.32. The Kier molecular flexibility index (Phi) is 4.78. The van der Waals surface area contributed by atoms with Crippen LogP contribution in [0.4, 0.5) is 4.39 Å². The lowest BCUT2D eigenvalue weighted by Crippen LogP contribution is -2.31. The maximum absolute atomic E-state index is 13.7. The highest BCUT2D eigenvalue weighted by Crippen LogP contribution is 2.42. The van der Waals surface area contributed by atoms with Gasteiger partial charge in [0.2, 0.25) is 0 Å². The van der Waals surface area contributed by atoms with E-state index >= 15 is 0 Å². The molecule has 2 aromatic heterocycles. The lowest BCUT2D eigenvalue weighted by atomic mass is 9.87. The van der Waals surface area contributed by atoms with Gasteiger partial charge in [0, 0.05) is 28.1 Å². The van der Waals surface area contributed by atoms with Crippen LogP contribution in [0, 0.1) is 5.82 Å². The van der Waals surface area contributed by atoms with Crippen molar-refractivity contribution >= 4 is 27.8 Å². The molecule has 5 rings (SSSR count). The van der Waals surface area contributed by atoms with Crippen LogP contribution in [0.2, 0.25) is 0 Å². The van der Waals surface area contributed by atoms with E-state index in [1.165, 1.54) is 17.7 Å². The summed E-state index contributed by atoms with van der Waals surface area (Å²) in [6, 6.07) is 10.8. The quantitative estimate of drug-likeness (QED) is 0.479. The Labute approximate surface area is 178 Å². The van der Waals surface area contributed by atoms with E-state index in [9.17, 15) is 14.3 Å². The molecule has 1 aliphatic rings. The third kappa shape index (κ3) is 3.29. The number of hydrogen-bond donors (Lipinski definition) is 2. The molecule has 1 saturated heterocycles. The molecule has 4 aromatic rings. The number of nitrogens with zero attached hydrogens (tertiary/aromatic N) is 2. The number of carboxylic acids is 1. The minimum atomic E-state index is -0.907. The Bertz CT molecular complexity index is 1260. The van der Waals surface area contributed by atoms with Crippen molar-refractivity contribution in [1.29, 1.82) is 0 Å².